The number of thiazole rings is 1. The van der Waals surface area contributed by atoms with Crippen molar-refractivity contribution >= 4 is 67.7 Å². The lowest BCUT2D eigenvalue weighted by Gasteiger charge is -2.09. The molecule has 5 N–H and O–H groups in total. The van der Waals surface area contributed by atoms with Gasteiger partial charge in [0.05, 0.1) is 5.71 Å². The van der Waals surface area contributed by atoms with E-state index >= 15 is 0 Å². The van der Waals surface area contributed by atoms with Crippen LogP contribution in [0.3, 0.4) is 0 Å². The molecule has 148 valence electrons. The molecule has 2 aromatic heterocycles. The maximum atomic E-state index is 12.8. The van der Waals surface area contributed by atoms with Crippen molar-refractivity contribution in [1.82, 2.24) is 9.38 Å². The number of nitrogens with zero attached hydrogens (tertiary/aromatic N) is 4. The third-order valence-corrected chi connectivity index (χ3v) is 6.55. The van der Waals surface area contributed by atoms with Crippen molar-refractivity contribution in [1.29, 1.82) is 0 Å². The van der Waals surface area contributed by atoms with Crippen molar-refractivity contribution in [3.05, 3.63) is 46.1 Å². The minimum atomic E-state index is -3.91. The van der Waals surface area contributed by atoms with E-state index in [0.29, 0.717) is 23.5 Å². The first-order chi connectivity index (χ1) is 12.8. The molecule has 1 aromatic carbocycles. The van der Waals surface area contributed by atoms with Gasteiger partial charge in [-0.05, 0) is 30.5 Å². The monoisotopic (exact) mass is 459 g/mol. The topological polar surface area (TPSA) is 140 Å². The zero-order chi connectivity index (χ0) is 19.2. The molecule has 1 aliphatic rings. The van der Waals surface area contributed by atoms with Crippen LogP contribution in [0.15, 0.2) is 45.0 Å². The average molecular weight is 460 g/mol. The number of halogens is 2. The van der Waals surface area contributed by atoms with Crippen molar-refractivity contribution in [2.45, 2.75) is 17.9 Å². The van der Waals surface area contributed by atoms with Crippen molar-refractivity contribution in [2.24, 2.45) is 21.7 Å². The number of benzene rings is 1. The van der Waals surface area contributed by atoms with Gasteiger partial charge in [-0.3, -0.25) is 9.12 Å². The first kappa shape index (κ1) is 20.4. The van der Waals surface area contributed by atoms with Crippen LogP contribution in [0.2, 0.25) is 5.15 Å². The number of rotatable bonds is 4. The second-order valence-electron chi connectivity index (χ2n) is 5.81. The second-order valence-corrected chi connectivity index (χ2v) is 8.64. The highest BCUT2D eigenvalue weighted by Gasteiger charge is 2.26. The smallest absolute Gasteiger partial charge is 0.281 e. The van der Waals surface area contributed by atoms with Crippen molar-refractivity contribution < 1.29 is 8.42 Å². The van der Waals surface area contributed by atoms with E-state index in [2.05, 4.69) is 19.9 Å². The number of imidazole rings is 1. The van der Waals surface area contributed by atoms with Crippen LogP contribution in [0.25, 0.3) is 4.96 Å². The van der Waals surface area contributed by atoms with E-state index in [1.807, 2.05) is 0 Å². The van der Waals surface area contributed by atoms with E-state index in [-0.39, 0.29) is 28.5 Å². The number of anilines is 1. The van der Waals surface area contributed by atoms with Crippen molar-refractivity contribution in [2.75, 3.05) is 4.72 Å². The lowest BCUT2D eigenvalue weighted by atomic mass is 10.1. The standard InChI is InChI=1S/C15H14ClN7O2S2.ClH/c16-12-13(23-5-6-26-15(23)19-12)27(24,25)22-9-2-3-10-8(7-9)1-4-11(10)20-21-14(17)18;/h2-3,5-7,22H,1,4H2,(H4,17,18,21);1H. The van der Waals surface area contributed by atoms with Crippen LogP contribution in [-0.2, 0) is 16.4 Å². The van der Waals surface area contributed by atoms with E-state index in [4.69, 9.17) is 23.1 Å². The predicted octanol–water partition coefficient (Wildman–Crippen LogP) is 2.20. The summed E-state index contributed by atoms with van der Waals surface area (Å²) in [6.45, 7) is 0. The number of aryl methyl sites for hydroxylation is 1. The largest absolute Gasteiger partial charge is 0.369 e. The number of nitrogens with two attached hydrogens (primary N) is 2. The quantitative estimate of drug-likeness (QED) is 0.311. The van der Waals surface area contributed by atoms with Gasteiger partial charge in [-0.1, -0.05) is 17.7 Å². The van der Waals surface area contributed by atoms with E-state index in [1.165, 1.54) is 15.7 Å². The van der Waals surface area contributed by atoms with Gasteiger partial charge in [-0.15, -0.1) is 28.8 Å². The highest BCUT2D eigenvalue weighted by atomic mass is 35.5. The van der Waals surface area contributed by atoms with E-state index in [0.717, 1.165) is 16.8 Å². The highest BCUT2D eigenvalue weighted by Crippen LogP contribution is 2.30. The lowest BCUT2D eigenvalue weighted by Crippen LogP contribution is -2.22. The molecular weight excluding hydrogens is 445 g/mol. The Labute approximate surface area is 175 Å². The molecule has 13 heteroatoms. The SMILES string of the molecule is Cl.NC(N)=NN=C1CCc2cc(NS(=O)(=O)c3c(Cl)nc4sccn34)ccc21. The minimum Gasteiger partial charge on any atom is -0.369 e. The average Bonchev–Trinajstić information content (AvgIpc) is 3.25. The number of hydrogen-bond donors (Lipinski definition) is 3. The molecule has 0 atom stereocenters. The Morgan fingerprint density at radius 3 is 2.86 bits per heavy atom. The summed E-state index contributed by atoms with van der Waals surface area (Å²) in [5, 5.41) is 9.30. The Balaban J connectivity index is 0.00000225. The molecule has 0 unspecified atom stereocenters. The third kappa shape index (κ3) is 3.65. The Bertz CT molecular complexity index is 1210. The molecule has 28 heavy (non-hydrogen) atoms. The molecule has 0 spiro atoms. The molecule has 0 saturated carbocycles. The Morgan fingerprint density at radius 1 is 1.32 bits per heavy atom. The lowest BCUT2D eigenvalue weighted by molar-refractivity contribution is 0.596. The van der Waals surface area contributed by atoms with Crippen molar-refractivity contribution in [3.8, 4) is 0 Å². The first-order valence-corrected chi connectivity index (χ1v) is 10.5. The van der Waals surface area contributed by atoms with Crippen LogP contribution in [-0.4, -0.2) is 29.5 Å². The summed E-state index contributed by atoms with van der Waals surface area (Å²) >= 11 is 7.34. The molecule has 0 saturated heterocycles. The second kappa shape index (κ2) is 7.59. The number of aromatic nitrogens is 2. The molecule has 0 aliphatic heterocycles. The summed E-state index contributed by atoms with van der Waals surface area (Å²) in [5.74, 6) is -0.113. The molecule has 0 fully saturated rings. The molecular formula is C15H15Cl2N7O2S2. The van der Waals surface area contributed by atoms with Gasteiger partial charge in [0, 0.05) is 22.8 Å². The summed E-state index contributed by atoms with van der Waals surface area (Å²) < 4.78 is 29.6. The van der Waals surface area contributed by atoms with Gasteiger partial charge in [0.25, 0.3) is 10.0 Å². The molecule has 0 amide bonds. The van der Waals surface area contributed by atoms with E-state index < -0.39 is 10.0 Å². The Kier molecular flexibility index (Phi) is 5.53. The fraction of sp³-hybridized carbons (Fsp3) is 0.133. The first-order valence-electron chi connectivity index (χ1n) is 7.78. The van der Waals surface area contributed by atoms with Crippen LogP contribution in [0.5, 0.6) is 0 Å². The maximum absolute atomic E-state index is 12.8. The predicted molar refractivity (Wildman–Crippen MR) is 113 cm³/mol. The van der Waals surface area contributed by atoms with Gasteiger partial charge in [-0.25, -0.2) is 4.98 Å². The number of fused-ring (bicyclic) bond motifs is 2. The van der Waals surface area contributed by atoms with Gasteiger partial charge in [0.2, 0.25) is 5.96 Å². The summed E-state index contributed by atoms with van der Waals surface area (Å²) in [5.41, 5.74) is 13.6. The van der Waals surface area contributed by atoms with Gasteiger partial charge < -0.3 is 11.5 Å². The summed E-state index contributed by atoms with van der Waals surface area (Å²) in [6, 6.07) is 5.22. The van der Waals surface area contributed by atoms with Crippen molar-refractivity contribution in [3.63, 3.8) is 0 Å². The molecule has 2 heterocycles. The van der Waals surface area contributed by atoms with Gasteiger partial charge in [-0.2, -0.15) is 13.5 Å². The third-order valence-electron chi connectivity index (χ3n) is 4.02. The zero-order valence-electron chi connectivity index (χ0n) is 14.2. The summed E-state index contributed by atoms with van der Waals surface area (Å²) in [6.07, 6.45) is 3.00. The number of hydrogen-bond acceptors (Lipinski definition) is 6. The minimum absolute atomic E-state index is 0. The van der Waals surface area contributed by atoms with Crippen LogP contribution < -0.4 is 16.2 Å². The molecule has 4 rings (SSSR count). The normalized spacial score (nSPS) is 14.7. The van der Waals surface area contributed by atoms with Crippen LogP contribution in [0.1, 0.15) is 17.5 Å². The number of sulfonamides is 1. The fourth-order valence-electron chi connectivity index (χ4n) is 2.94. The van der Waals surface area contributed by atoms with Gasteiger partial charge >= 0.3 is 0 Å². The molecule has 3 aromatic rings. The zero-order valence-corrected chi connectivity index (χ0v) is 17.4. The summed E-state index contributed by atoms with van der Waals surface area (Å²) in [4.78, 5) is 4.57. The summed E-state index contributed by atoms with van der Waals surface area (Å²) in [7, 11) is -3.91. The fourth-order valence-corrected chi connectivity index (χ4v) is 5.44. The highest BCUT2D eigenvalue weighted by molar-refractivity contribution is 7.92. The van der Waals surface area contributed by atoms with Gasteiger partial charge in [0.1, 0.15) is 0 Å². The van der Waals surface area contributed by atoms with Crippen LogP contribution >= 0.6 is 35.3 Å². The molecule has 0 bridgehead atoms. The molecule has 1 aliphatic carbocycles. The number of nitrogens with one attached hydrogen (secondary N) is 1. The van der Waals surface area contributed by atoms with Crippen LogP contribution in [0.4, 0.5) is 5.69 Å². The van der Waals surface area contributed by atoms with Gasteiger partial charge in [0.15, 0.2) is 15.1 Å². The van der Waals surface area contributed by atoms with E-state index in [1.54, 1.807) is 29.8 Å². The Morgan fingerprint density at radius 2 is 2.11 bits per heavy atom. The van der Waals surface area contributed by atoms with E-state index in [9.17, 15) is 8.42 Å². The number of guanidine groups is 1. The van der Waals surface area contributed by atoms with Crippen LogP contribution in [0, 0.1) is 0 Å². The molecule has 0 radical (unpaired) electrons. The Hall–Kier alpha value is -2.34. The maximum Gasteiger partial charge on any atom is 0.281 e. The molecule has 9 nitrogen and oxygen atoms in total.